The summed E-state index contributed by atoms with van der Waals surface area (Å²) >= 11 is 0. The second kappa shape index (κ2) is 3.96. The molecule has 1 N–H and O–H groups in total. The van der Waals surface area contributed by atoms with Gasteiger partial charge in [-0.05, 0) is 13.8 Å². The van der Waals surface area contributed by atoms with Crippen molar-refractivity contribution in [3.63, 3.8) is 0 Å². The lowest BCUT2D eigenvalue weighted by atomic mass is 10.1. The van der Waals surface area contributed by atoms with Gasteiger partial charge in [-0.2, -0.15) is 5.10 Å². The molecular formula is C9H12F2N2O2. The predicted octanol–water partition coefficient (Wildman–Crippen LogP) is 2.03. The lowest BCUT2D eigenvalue weighted by Gasteiger charge is -2.11. The van der Waals surface area contributed by atoms with Crippen molar-refractivity contribution in [3.8, 4) is 0 Å². The average molecular weight is 218 g/mol. The van der Waals surface area contributed by atoms with Crippen molar-refractivity contribution in [2.75, 3.05) is 0 Å². The molecular weight excluding hydrogens is 206 g/mol. The van der Waals surface area contributed by atoms with Crippen molar-refractivity contribution in [2.45, 2.75) is 32.2 Å². The monoisotopic (exact) mass is 218 g/mol. The van der Waals surface area contributed by atoms with Crippen LogP contribution in [0.4, 0.5) is 8.78 Å². The molecule has 0 amide bonds. The van der Waals surface area contributed by atoms with Crippen molar-refractivity contribution < 1.29 is 18.7 Å². The summed E-state index contributed by atoms with van der Waals surface area (Å²) in [6.45, 7) is 3.60. The molecule has 6 heteroatoms. The Kier molecular flexibility index (Phi) is 3.06. The van der Waals surface area contributed by atoms with Gasteiger partial charge in [-0.15, -0.1) is 0 Å². The minimum absolute atomic E-state index is 0.0284. The first kappa shape index (κ1) is 11.6. The van der Waals surface area contributed by atoms with E-state index in [1.807, 2.05) is 0 Å². The lowest BCUT2D eigenvalue weighted by molar-refractivity contribution is -0.145. The highest BCUT2D eigenvalue weighted by Gasteiger charge is 2.36. The Hall–Kier alpha value is -1.46. The number of carboxylic acids is 1. The lowest BCUT2D eigenvalue weighted by Crippen LogP contribution is -2.17. The van der Waals surface area contributed by atoms with Gasteiger partial charge < -0.3 is 5.11 Å². The molecule has 0 saturated carbocycles. The molecule has 1 aromatic heterocycles. The zero-order valence-electron chi connectivity index (χ0n) is 8.44. The summed E-state index contributed by atoms with van der Waals surface area (Å²) in [7, 11) is 0. The minimum Gasteiger partial charge on any atom is -0.481 e. The van der Waals surface area contributed by atoms with Crippen LogP contribution in [-0.4, -0.2) is 20.9 Å². The van der Waals surface area contributed by atoms with Gasteiger partial charge in [0.1, 0.15) is 6.42 Å². The fraction of sp³-hybridized carbons (Fsp3) is 0.556. The molecule has 84 valence electrons. The third kappa shape index (κ3) is 2.74. The Morgan fingerprint density at radius 2 is 2.27 bits per heavy atom. The van der Waals surface area contributed by atoms with E-state index in [4.69, 9.17) is 5.11 Å². The van der Waals surface area contributed by atoms with Gasteiger partial charge in [-0.3, -0.25) is 9.48 Å². The van der Waals surface area contributed by atoms with E-state index in [0.29, 0.717) is 0 Å². The van der Waals surface area contributed by atoms with Crippen molar-refractivity contribution in [1.82, 2.24) is 9.78 Å². The molecule has 0 aliphatic carbocycles. The maximum absolute atomic E-state index is 13.2. The topological polar surface area (TPSA) is 55.1 Å². The number of carboxylic acid groups (broad SMARTS) is 1. The highest BCUT2D eigenvalue weighted by molar-refractivity contribution is 5.68. The van der Waals surface area contributed by atoms with E-state index in [0.717, 1.165) is 6.20 Å². The molecule has 0 saturated heterocycles. The third-order valence-electron chi connectivity index (χ3n) is 1.93. The standard InChI is InChI=1S/C9H12F2N2O2/c1-6(2)13-5-7(4-12-13)9(10,11)3-8(14)15/h4-6H,3H2,1-2H3,(H,14,15). The first-order valence-corrected chi connectivity index (χ1v) is 4.47. The van der Waals surface area contributed by atoms with Gasteiger partial charge in [0.15, 0.2) is 0 Å². The second-order valence-electron chi connectivity index (χ2n) is 3.58. The van der Waals surface area contributed by atoms with Gasteiger partial charge in [-0.25, -0.2) is 8.78 Å². The number of rotatable bonds is 4. The van der Waals surface area contributed by atoms with Crippen molar-refractivity contribution in [1.29, 1.82) is 0 Å². The van der Waals surface area contributed by atoms with Gasteiger partial charge in [-0.1, -0.05) is 0 Å². The Morgan fingerprint density at radius 3 is 2.67 bits per heavy atom. The molecule has 1 rings (SSSR count). The number of halogens is 2. The average Bonchev–Trinajstić information content (AvgIpc) is 2.48. The van der Waals surface area contributed by atoms with Gasteiger partial charge in [0.05, 0.1) is 11.8 Å². The fourth-order valence-electron chi connectivity index (χ4n) is 1.10. The summed E-state index contributed by atoms with van der Waals surface area (Å²) in [4.78, 5) is 10.2. The van der Waals surface area contributed by atoms with Crippen LogP contribution in [-0.2, 0) is 10.7 Å². The second-order valence-corrected chi connectivity index (χ2v) is 3.58. The number of aliphatic carboxylic acids is 1. The molecule has 15 heavy (non-hydrogen) atoms. The Balaban J connectivity index is 2.89. The molecule has 1 aromatic rings. The Bertz CT molecular complexity index is 361. The molecule has 0 fully saturated rings. The summed E-state index contributed by atoms with van der Waals surface area (Å²) in [5.74, 6) is -4.89. The molecule has 1 heterocycles. The first-order chi connectivity index (χ1) is 6.83. The van der Waals surface area contributed by atoms with Crippen LogP contribution in [0.1, 0.15) is 31.9 Å². The third-order valence-corrected chi connectivity index (χ3v) is 1.93. The molecule has 0 radical (unpaired) electrons. The van der Waals surface area contributed by atoms with Crippen LogP contribution < -0.4 is 0 Å². The predicted molar refractivity (Wildman–Crippen MR) is 48.8 cm³/mol. The molecule has 0 aliphatic heterocycles. The number of alkyl halides is 2. The molecule has 0 bridgehead atoms. The van der Waals surface area contributed by atoms with E-state index >= 15 is 0 Å². The van der Waals surface area contributed by atoms with Crippen LogP contribution in [0.2, 0.25) is 0 Å². The first-order valence-electron chi connectivity index (χ1n) is 4.47. The van der Waals surface area contributed by atoms with Gasteiger partial charge in [0.25, 0.3) is 5.92 Å². The van der Waals surface area contributed by atoms with Crippen LogP contribution in [0.3, 0.4) is 0 Å². The summed E-state index contributed by atoms with van der Waals surface area (Å²) in [5.41, 5.74) is -0.362. The van der Waals surface area contributed by atoms with Crippen LogP contribution in [0.5, 0.6) is 0 Å². The normalized spacial score (nSPS) is 12.1. The fourth-order valence-corrected chi connectivity index (χ4v) is 1.10. The van der Waals surface area contributed by atoms with Gasteiger partial charge >= 0.3 is 5.97 Å². The quantitative estimate of drug-likeness (QED) is 0.841. The summed E-state index contributed by atoms with van der Waals surface area (Å²) in [6, 6.07) is -0.0284. The van der Waals surface area contributed by atoms with Crippen LogP contribution >= 0.6 is 0 Å². The number of nitrogens with zero attached hydrogens (tertiary/aromatic N) is 2. The number of carbonyl (C=O) groups is 1. The molecule has 4 nitrogen and oxygen atoms in total. The maximum Gasteiger partial charge on any atom is 0.309 e. The smallest absolute Gasteiger partial charge is 0.309 e. The van der Waals surface area contributed by atoms with E-state index < -0.39 is 18.3 Å². The van der Waals surface area contributed by atoms with E-state index in [9.17, 15) is 13.6 Å². The largest absolute Gasteiger partial charge is 0.481 e. The highest BCUT2D eigenvalue weighted by atomic mass is 19.3. The minimum atomic E-state index is -3.36. The highest BCUT2D eigenvalue weighted by Crippen LogP contribution is 2.31. The van der Waals surface area contributed by atoms with Crippen molar-refractivity contribution in [3.05, 3.63) is 18.0 Å². The number of aromatic nitrogens is 2. The molecule has 0 aliphatic rings. The van der Waals surface area contributed by atoms with Gasteiger partial charge in [0, 0.05) is 12.2 Å². The van der Waals surface area contributed by atoms with E-state index in [2.05, 4.69) is 5.10 Å². The molecule has 0 unspecified atom stereocenters. The SMILES string of the molecule is CC(C)n1cc(C(F)(F)CC(=O)O)cn1. The number of hydrogen-bond acceptors (Lipinski definition) is 2. The van der Waals surface area contributed by atoms with Gasteiger partial charge in [0.2, 0.25) is 0 Å². The maximum atomic E-state index is 13.2. The zero-order chi connectivity index (χ0) is 11.6. The molecule has 0 atom stereocenters. The van der Waals surface area contributed by atoms with Crippen LogP contribution in [0, 0.1) is 0 Å². The van der Waals surface area contributed by atoms with E-state index in [-0.39, 0.29) is 11.6 Å². The Morgan fingerprint density at radius 1 is 1.67 bits per heavy atom. The molecule has 0 spiro atoms. The van der Waals surface area contributed by atoms with E-state index in [1.165, 1.54) is 10.9 Å². The summed E-state index contributed by atoms with van der Waals surface area (Å²) in [5, 5.41) is 12.1. The van der Waals surface area contributed by atoms with Crippen LogP contribution in [0.15, 0.2) is 12.4 Å². The number of hydrogen-bond donors (Lipinski definition) is 1. The Labute approximate surface area is 85.5 Å². The summed E-state index contributed by atoms with van der Waals surface area (Å²) < 4.78 is 27.9. The van der Waals surface area contributed by atoms with Crippen LogP contribution in [0.25, 0.3) is 0 Å². The zero-order valence-corrected chi connectivity index (χ0v) is 8.44. The molecule has 0 aromatic carbocycles. The van der Waals surface area contributed by atoms with Crippen molar-refractivity contribution in [2.24, 2.45) is 0 Å². The van der Waals surface area contributed by atoms with E-state index in [1.54, 1.807) is 13.8 Å². The summed E-state index contributed by atoms with van der Waals surface area (Å²) in [6.07, 6.45) is 0.966. The van der Waals surface area contributed by atoms with Crippen molar-refractivity contribution >= 4 is 5.97 Å².